The van der Waals surface area contributed by atoms with E-state index in [0.29, 0.717) is 29.6 Å². The summed E-state index contributed by atoms with van der Waals surface area (Å²) in [5.74, 6) is -0.377. The Kier molecular flexibility index (Phi) is 7.50. The predicted molar refractivity (Wildman–Crippen MR) is 120 cm³/mol. The molecule has 7 nitrogen and oxygen atoms in total. The van der Waals surface area contributed by atoms with Gasteiger partial charge in [0.15, 0.2) is 0 Å². The summed E-state index contributed by atoms with van der Waals surface area (Å²) in [7, 11) is 4.26. The molecule has 0 saturated heterocycles. The molecule has 2 atom stereocenters. The SMILES string of the molecule is CN(CC(CO)OC=O)c1cccc(Cn2nc(-c3cc(F)cc(P)c3)ccc2=O)c1. The van der Waals surface area contributed by atoms with E-state index >= 15 is 0 Å². The Labute approximate surface area is 181 Å². The molecule has 0 aliphatic heterocycles. The third-order valence-corrected chi connectivity index (χ3v) is 5.03. The minimum absolute atomic E-state index is 0.228. The highest BCUT2D eigenvalue weighted by molar-refractivity contribution is 7.27. The van der Waals surface area contributed by atoms with Crippen molar-refractivity contribution >= 4 is 26.7 Å². The third kappa shape index (κ3) is 5.96. The molecule has 0 aliphatic carbocycles. The number of hydrogen-bond donors (Lipinski definition) is 1. The van der Waals surface area contributed by atoms with Crippen molar-refractivity contribution in [2.24, 2.45) is 0 Å². The molecule has 0 fully saturated rings. The van der Waals surface area contributed by atoms with Gasteiger partial charge < -0.3 is 14.7 Å². The summed E-state index contributed by atoms with van der Waals surface area (Å²) in [5, 5.41) is 14.4. The van der Waals surface area contributed by atoms with E-state index in [-0.39, 0.29) is 24.5 Å². The summed E-state index contributed by atoms with van der Waals surface area (Å²) in [6.07, 6.45) is -0.639. The monoisotopic (exact) mass is 443 g/mol. The first-order chi connectivity index (χ1) is 14.9. The van der Waals surface area contributed by atoms with Crippen LogP contribution in [0, 0.1) is 5.82 Å². The first-order valence-corrected chi connectivity index (χ1v) is 10.1. The van der Waals surface area contributed by atoms with Gasteiger partial charge in [-0.25, -0.2) is 9.07 Å². The van der Waals surface area contributed by atoms with Gasteiger partial charge in [-0.15, -0.1) is 9.24 Å². The molecule has 0 amide bonds. The van der Waals surface area contributed by atoms with E-state index in [1.807, 2.05) is 36.2 Å². The first-order valence-electron chi connectivity index (χ1n) is 9.54. The number of rotatable bonds is 9. The van der Waals surface area contributed by atoms with Crippen molar-refractivity contribution in [3.8, 4) is 11.3 Å². The van der Waals surface area contributed by atoms with E-state index in [9.17, 15) is 19.1 Å². The summed E-state index contributed by atoms with van der Waals surface area (Å²) in [4.78, 5) is 24.7. The van der Waals surface area contributed by atoms with Crippen molar-refractivity contribution in [2.45, 2.75) is 12.6 Å². The average Bonchev–Trinajstić information content (AvgIpc) is 2.74. The smallest absolute Gasteiger partial charge is 0.293 e. The Morgan fingerprint density at radius 2 is 2.06 bits per heavy atom. The fraction of sp³-hybridized carbons (Fsp3) is 0.227. The number of halogens is 1. The van der Waals surface area contributed by atoms with Gasteiger partial charge in [-0.2, -0.15) is 5.10 Å². The van der Waals surface area contributed by atoms with E-state index < -0.39 is 6.10 Å². The molecule has 1 heterocycles. The summed E-state index contributed by atoms with van der Waals surface area (Å²) in [6, 6.07) is 15.0. The predicted octanol–water partition coefficient (Wildman–Crippen LogP) is 1.57. The standard InChI is InChI=1S/C22H23FN3O4P/c1-25(12-19(13-27)30-14-28)18-4-2-3-15(7-18)11-26-22(29)6-5-21(24-26)16-8-17(23)10-20(31)9-16/h2-10,14,19,27H,11-13,31H2,1H3. The third-order valence-electron chi connectivity index (χ3n) is 4.70. The van der Waals surface area contributed by atoms with Crippen LogP contribution in [0.5, 0.6) is 0 Å². The molecular weight excluding hydrogens is 420 g/mol. The maximum absolute atomic E-state index is 13.8. The molecule has 0 bridgehead atoms. The molecule has 2 aromatic carbocycles. The van der Waals surface area contributed by atoms with E-state index in [1.54, 1.807) is 12.1 Å². The number of carbonyl (C=O) groups is 1. The highest BCUT2D eigenvalue weighted by atomic mass is 31.0. The molecule has 3 rings (SSSR count). The second kappa shape index (κ2) is 10.3. The molecule has 0 spiro atoms. The fourth-order valence-electron chi connectivity index (χ4n) is 3.17. The van der Waals surface area contributed by atoms with Crippen molar-refractivity contribution in [1.29, 1.82) is 0 Å². The van der Waals surface area contributed by atoms with Crippen LogP contribution in [0.2, 0.25) is 0 Å². The molecule has 0 aliphatic rings. The van der Waals surface area contributed by atoms with Crippen LogP contribution in [-0.4, -0.2) is 47.7 Å². The normalized spacial score (nSPS) is 11.7. The van der Waals surface area contributed by atoms with E-state index in [4.69, 9.17) is 4.74 Å². The molecule has 3 aromatic rings. The van der Waals surface area contributed by atoms with Crippen LogP contribution < -0.4 is 15.8 Å². The summed E-state index contributed by atoms with van der Waals surface area (Å²) >= 11 is 0. The highest BCUT2D eigenvalue weighted by Gasteiger charge is 2.13. The zero-order valence-electron chi connectivity index (χ0n) is 16.9. The Morgan fingerprint density at radius 1 is 1.26 bits per heavy atom. The molecule has 31 heavy (non-hydrogen) atoms. The van der Waals surface area contributed by atoms with Crippen molar-refractivity contribution in [3.05, 3.63) is 76.3 Å². The number of benzene rings is 2. The van der Waals surface area contributed by atoms with Crippen LogP contribution in [0.25, 0.3) is 11.3 Å². The zero-order valence-corrected chi connectivity index (χ0v) is 18.1. The molecule has 2 unspecified atom stereocenters. The Balaban J connectivity index is 1.83. The number of aliphatic hydroxyl groups excluding tert-OH is 1. The Morgan fingerprint density at radius 3 is 2.77 bits per heavy atom. The minimum atomic E-state index is -0.639. The Hall–Kier alpha value is -3.09. The van der Waals surface area contributed by atoms with Crippen molar-refractivity contribution < 1.29 is 19.0 Å². The topological polar surface area (TPSA) is 84.7 Å². The second-order valence-corrected chi connectivity index (χ2v) is 7.74. The lowest BCUT2D eigenvalue weighted by molar-refractivity contribution is -0.134. The number of hydrogen-bond acceptors (Lipinski definition) is 6. The van der Waals surface area contributed by atoms with Gasteiger partial charge in [-0.05, 0) is 47.3 Å². The number of carbonyl (C=O) groups excluding carboxylic acids is 1. The van der Waals surface area contributed by atoms with Gasteiger partial charge >= 0.3 is 0 Å². The van der Waals surface area contributed by atoms with Crippen molar-refractivity contribution in [3.63, 3.8) is 0 Å². The van der Waals surface area contributed by atoms with Crippen LogP contribution in [0.4, 0.5) is 10.1 Å². The highest BCUT2D eigenvalue weighted by Crippen LogP contribution is 2.18. The van der Waals surface area contributed by atoms with Crippen molar-refractivity contribution in [2.75, 3.05) is 25.1 Å². The van der Waals surface area contributed by atoms with Gasteiger partial charge in [0, 0.05) is 24.4 Å². The molecule has 162 valence electrons. The lowest BCUT2D eigenvalue weighted by atomic mass is 10.1. The molecule has 0 radical (unpaired) electrons. The van der Waals surface area contributed by atoms with Gasteiger partial charge in [0.2, 0.25) is 0 Å². The number of ether oxygens (including phenoxy) is 1. The van der Waals surface area contributed by atoms with Crippen molar-refractivity contribution in [1.82, 2.24) is 9.78 Å². The Bertz CT molecular complexity index is 1100. The van der Waals surface area contributed by atoms with Gasteiger partial charge in [0.1, 0.15) is 11.9 Å². The van der Waals surface area contributed by atoms with Crippen LogP contribution in [0.3, 0.4) is 0 Å². The average molecular weight is 443 g/mol. The fourth-order valence-corrected chi connectivity index (χ4v) is 3.51. The molecule has 1 aromatic heterocycles. The van der Waals surface area contributed by atoms with E-state index in [1.165, 1.54) is 22.9 Å². The van der Waals surface area contributed by atoms with E-state index in [0.717, 1.165) is 11.3 Å². The van der Waals surface area contributed by atoms with Crippen LogP contribution in [-0.2, 0) is 16.1 Å². The summed E-state index contributed by atoms with van der Waals surface area (Å²) < 4.78 is 19.9. The van der Waals surface area contributed by atoms with Crippen LogP contribution >= 0.6 is 9.24 Å². The first kappa shape index (κ1) is 22.6. The molecule has 9 heteroatoms. The number of likely N-dealkylation sites (N-methyl/N-ethyl adjacent to an activating group) is 1. The minimum Gasteiger partial charge on any atom is -0.460 e. The lowest BCUT2D eigenvalue weighted by Gasteiger charge is -2.24. The molecule has 0 saturated carbocycles. The summed E-state index contributed by atoms with van der Waals surface area (Å²) in [6.45, 7) is 0.566. The number of aromatic nitrogens is 2. The lowest BCUT2D eigenvalue weighted by Crippen LogP contribution is -2.33. The molecule has 1 N–H and O–H groups in total. The summed E-state index contributed by atoms with van der Waals surface area (Å²) in [5.41, 5.74) is 2.46. The zero-order chi connectivity index (χ0) is 22.4. The van der Waals surface area contributed by atoms with Gasteiger partial charge in [-0.3, -0.25) is 9.59 Å². The quantitative estimate of drug-likeness (QED) is 0.399. The van der Waals surface area contributed by atoms with Crippen LogP contribution in [0.1, 0.15) is 5.56 Å². The maximum atomic E-state index is 13.8. The van der Waals surface area contributed by atoms with E-state index in [2.05, 4.69) is 14.3 Å². The number of anilines is 1. The van der Waals surface area contributed by atoms with Crippen LogP contribution in [0.15, 0.2) is 59.4 Å². The maximum Gasteiger partial charge on any atom is 0.293 e. The largest absolute Gasteiger partial charge is 0.460 e. The molecular formula is C22H23FN3O4P. The van der Waals surface area contributed by atoms with Gasteiger partial charge in [0.25, 0.3) is 12.0 Å². The number of aliphatic hydroxyl groups is 1. The number of nitrogens with zero attached hydrogens (tertiary/aromatic N) is 3. The van der Waals surface area contributed by atoms with Gasteiger partial charge in [-0.1, -0.05) is 12.1 Å². The van der Waals surface area contributed by atoms with Gasteiger partial charge in [0.05, 0.1) is 25.4 Å². The second-order valence-electron chi connectivity index (χ2n) is 7.08.